The fourth-order valence-corrected chi connectivity index (χ4v) is 2.99. The van der Waals surface area contributed by atoms with Crippen LogP contribution < -0.4 is 5.32 Å². The molecule has 1 unspecified atom stereocenters. The molecule has 0 amide bonds. The third kappa shape index (κ3) is 3.48. The molecule has 1 atom stereocenters. The van der Waals surface area contributed by atoms with Crippen LogP contribution in [0.1, 0.15) is 40.9 Å². The number of aryl methyl sites for hydroxylation is 4. The summed E-state index contributed by atoms with van der Waals surface area (Å²) in [5.74, 6) is 0. The van der Waals surface area contributed by atoms with E-state index in [2.05, 4.69) is 56.3 Å². The largest absolute Gasteiger partial charge is 0.310 e. The summed E-state index contributed by atoms with van der Waals surface area (Å²) in [7, 11) is 1.96. The number of nitrogens with zero attached hydrogens (tertiary/aromatic N) is 2. The minimum absolute atomic E-state index is 0.374. The number of aromatic nitrogens is 2. The summed E-state index contributed by atoms with van der Waals surface area (Å²) >= 11 is 0. The van der Waals surface area contributed by atoms with Crippen LogP contribution in [0.2, 0.25) is 0 Å². The van der Waals surface area contributed by atoms with Crippen molar-refractivity contribution in [3.8, 4) is 0 Å². The Balaban J connectivity index is 1.96. The SMILES string of the molecule is Cc1cc(C)c(C(C)NCCc2ccn(C)n2)c(C)c1. The Hall–Kier alpha value is -1.61. The number of rotatable bonds is 5. The molecule has 0 radical (unpaired) electrons. The predicted molar refractivity (Wildman–Crippen MR) is 84.0 cm³/mol. The Kier molecular flexibility index (Phi) is 4.61. The van der Waals surface area contributed by atoms with Gasteiger partial charge in [0, 0.05) is 32.3 Å². The fourth-order valence-electron chi connectivity index (χ4n) is 2.99. The van der Waals surface area contributed by atoms with Crippen LogP contribution in [0.3, 0.4) is 0 Å². The summed E-state index contributed by atoms with van der Waals surface area (Å²) < 4.78 is 1.85. The molecule has 108 valence electrons. The lowest BCUT2D eigenvalue weighted by Gasteiger charge is -2.19. The predicted octanol–water partition coefficient (Wildman–Crippen LogP) is 3.24. The highest BCUT2D eigenvalue weighted by molar-refractivity contribution is 5.39. The quantitative estimate of drug-likeness (QED) is 0.904. The van der Waals surface area contributed by atoms with E-state index in [1.54, 1.807) is 0 Å². The molecule has 3 heteroatoms. The minimum atomic E-state index is 0.374. The molecule has 1 aromatic carbocycles. The van der Waals surface area contributed by atoms with Crippen molar-refractivity contribution >= 4 is 0 Å². The fraction of sp³-hybridized carbons (Fsp3) is 0.471. The van der Waals surface area contributed by atoms with E-state index < -0.39 is 0 Å². The monoisotopic (exact) mass is 271 g/mol. The van der Waals surface area contributed by atoms with Crippen molar-refractivity contribution in [1.29, 1.82) is 0 Å². The van der Waals surface area contributed by atoms with Crippen LogP contribution in [-0.4, -0.2) is 16.3 Å². The van der Waals surface area contributed by atoms with Gasteiger partial charge in [-0.05, 0) is 50.5 Å². The average Bonchev–Trinajstić information content (AvgIpc) is 2.73. The van der Waals surface area contributed by atoms with E-state index in [9.17, 15) is 0 Å². The van der Waals surface area contributed by atoms with Crippen LogP contribution in [0.5, 0.6) is 0 Å². The lowest BCUT2D eigenvalue weighted by Crippen LogP contribution is -2.23. The van der Waals surface area contributed by atoms with Gasteiger partial charge in [-0.25, -0.2) is 0 Å². The highest BCUT2D eigenvalue weighted by atomic mass is 15.2. The second kappa shape index (κ2) is 6.23. The smallest absolute Gasteiger partial charge is 0.0637 e. The van der Waals surface area contributed by atoms with Gasteiger partial charge in [0.05, 0.1) is 5.69 Å². The second-order valence-corrected chi connectivity index (χ2v) is 5.72. The summed E-state index contributed by atoms with van der Waals surface area (Å²) in [4.78, 5) is 0. The Bertz CT molecular complexity index is 561. The number of hydrogen-bond donors (Lipinski definition) is 1. The summed E-state index contributed by atoms with van der Waals surface area (Å²) in [6.45, 7) is 9.75. The van der Waals surface area contributed by atoms with Gasteiger partial charge in [-0.15, -0.1) is 0 Å². The van der Waals surface area contributed by atoms with E-state index in [0.29, 0.717) is 6.04 Å². The first-order valence-electron chi connectivity index (χ1n) is 7.27. The Morgan fingerprint density at radius 3 is 2.40 bits per heavy atom. The molecular formula is C17H25N3. The van der Waals surface area contributed by atoms with Crippen molar-refractivity contribution in [3.63, 3.8) is 0 Å². The minimum Gasteiger partial charge on any atom is -0.310 e. The molecule has 2 rings (SSSR count). The second-order valence-electron chi connectivity index (χ2n) is 5.72. The van der Waals surface area contributed by atoms with Gasteiger partial charge in [0.1, 0.15) is 0 Å². The Morgan fingerprint density at radius 2 is 1.85 bits per heavy atom. The zero-order valence-corrected chi connectivity index (χ0v) is 13.2. The first-order valence-corrected chi connectivity index (χ1v) is 7.27. The van der Waals surface area contributed by atoms with Gasteiger partial charge in [-0.2, -0.15) is 5.10 Å². The van der Waals surface area contributed by atoms with Gasteiger partial charge in [-0.1, -0.05) is 17.7 Å². The molecule has 1 heterocycles. The summed E-state index contributed by atoms with van der Waals surface area (Å²) in [6, 6.07) is 6.98. The molecule has 0 aliphatic heterocycles. The van der Waals surface area contributed by atoms with E-state index in [-0.39, 0.29) is 0 Å². The van der Waals surface area contributed by atoms with Crippen molar-refractivity contribution in [3.05, 3.63) is 52.3 Å². The normalized spacial score (nSPS) is 12.7. The standard InChI is InChI=1S/C17H25N3/c1-12-10-13(2)17(14(3)11-12)15(4)18-8-6-16-7-9-20(5)19-16/h7,9-11,15,18H,6,8H2,1-5H3. The zero-order chi connectivity index (χ0) is 14.7. The van der Waals surface area contributed by atoms with Gasteiger partial charge >= 0.3 is 0 Å². The van der Waals surface area contributed by atoms with Gasteiger partial charge in [0.15, 0.2) is 0 Å². The average molecular weight is 271 g/mol. The van der Waals surface area contributed by atoms with Crippen LogP contribution in [0.15, 0.2) is 24.4 Å². The molecule has 0 saturated heterocycles. The first-order chi connectivity index (χ1) is 9.47. The molecule has 3 nitrogen and oxygen atoms in total. The number of hydrogen-bond acceptors (Lipinski definition) is 2. The molecule has 1 aromatic heterocycles. The van der Waals surface area contributed by atoms with E-state index in [0.717, 1.165) is 18.7 Å². The number of benzene rings is 1. The maximum atomic E-state index is 4.40. The molecule has 0 aliphatic rings. The highest BCUT2D eigenvalue weighted by Crippen LogP contribution is 2.23. The zero-order valence-electron chi connectivity index (χ0n) is 13.2. The van der Waals surface area contributed by atoms with Gasteiger partial charge in [0.2, 0.25) is 0 Å². The highest BCUT2D eigenvalue weighted by Gasteiger charge is 2.11. The van der Waals surface area contributed by atoms with Crippen molar-refractivity contribution < 1.29 is 0 Å². The van der Waals surface area contributed by atoms with Gasteiger partial charge in [0.25, 0.3) is 0 Å². The molecule has 2 aromatic rings. The number of nitrogens with one attached hydrogen (secondary N) is 1. The van der Waals surface area contributed by atoms with Crippen molar-refractivity contribution in [1.82, 2.24) is 15.1 Å². The maximum absolute atomic E-state index is 4.40. The van der Waals surface area contributed by atoms with E-state index in [1.807, 2.05) is 17.9 Å². The van der Waals surface area contributed by atoms with Gasteiger partial charge < -0.3 is 5.32 Å². The summed E-state index contributed by atoms with van der Waals surface area (Å²) in [6.07, 6.45) is 2.96. The summed E-state index contributed by atoms with van der Waals surface area (Å²) in [5.41, 5.74) is 6.66. The lowest BCUT2D eigenvalue weighted by molar-refractivity contribution is 0.566. The topological polar surface area (TPSA) is 29.9 Å². The van der Waals surface area contributed by atoms with Crippen LogP contribution in [-0.2, 0) is 13.5 Å². The Morgan fingerprint density at radius 1 is 1.20 bits per heavy atom. The van der Waals surface area contributed by atoms with Crippen molar-refractivity contribution in [2.24, 2.45) is 7.05 Å². The van der Waals surface area contributed by atoms with E-state index >= 15 is 0 Å². The third-order valence-electron chi connectivity index (χ3n) is 3.77. The molecule has 0 bridgehead atoms. The molecule has 0 aliphatic carbocycles. The third-order valence-corrected chi connectivity index (χ3v) is 3.77. The van der Waals surface area contributed by atoms with E-state index in [1.165, 1.54) is 22.3 Å². The van der Waals surface area contributed by atoms with Crippen LogP contribution in [0, 0.1) is 20.8 Å². The van der Waals surface area contributed by atoms with Crippen molar-refractivity contribution in [2.45, 2.75) is 40.2 Å². The first kappa shape index (κ1) is 14.8. The molecule has 0 saturated carbocycles. The summed E-state index contributed by atoms with van der Waals surface area (Å²) in [5, 5.41) is 8.01. The molecule has 20 heavy (non-hydrogen) atoms. The van der Waals surface area contributed by atoms with Crippen LogP contribution >= 0.6 is 0 Å². The molecule has 0 spiro atoms. The van der Waals surface area contributed by atoms with Crippen LogP contribution in [0.4, 0.5) is 0 Å². The Labute approximate surface area is 122 Å². The van der Waals surface area contributed by atoms with Crippen LogP contribution in [0.25, 0.3) is 0 Å². The van der Waals surface area contributed by atoms with Gasteiger partial charge in [-0.3, -0.25) is 4.68 Å². The van der Waals surface area contributed by atoms with Crippen molar-refractivity contribution in [2.75, 3.05) is 6.54 Å². The van der Waals surface area contributed by atoms with E-state index in [4.69, 9.17) is 0 Å². The lowest BCUT2D eigenvalue weighted by atomic mass is 9.95. The molecule has 1 N–H and O–H groups in total. The molecular weight excluding hydrogens is 246 g/mol. The maximum Gasteiger partial charge on any atom is 0.0637 e. The molecule has 0 fully saturated rings.